The number of methoxy groups -OCH3 is 1. The molecule has 0 saturated heterocycles. The Morgan fingerprint density at radius 1 is 1.10 bits per heavy atom. The molecule has 0 bridgehead atoms. The van der Waals surface area contributed by atoms with Gasteiger partial charge in [0.05, 0.1) is 7.11 Å². The van der Waals surface area contributed by atoms with Gasteiger partial charge in [-0.25, -0.2) is 4.79 Å². The van der Waals surface area contributed by atoms with Gasteiger partial charge in [-0.15, -0.1) is 0 Å². The minimum atomic E-state index is -2.83. The number of halogens is 2. The molecule has 2 unspecified atom stereocenters. The summed E-state index contributed by atoms with van der Waals surface area (Å²) >= 11 is 0. The van der Waals surface area contributed by atoms with Crippen LogP contribution in [0.15, 0.2) is 60.4 Å². The molecular weight excluding hydrogens is 380 g/mol. The minimum absolute atomic E-state index is 0.0659. The SMILES string of the molecule is COC(=O)C1=CC(CN(C)c2ccc(-c3ccc(OC(F)F)cc3)cc2)C(C)O1. The van der Waals surface area contributed by atoms with Crippen LogP contribution in [0.2, 0.25) is 0 Å². The van der Waals surface area contributed by atoms with Crippen LogP contribution in [0, 0.1) is 5.92 Å². The van der Waals surface area contributed by atoms with Gasteiger partial charge in [0.1, 0.15) is 11.9 Å². The fourth-order valence-electron chi connectivity index (χ4n) is 3.23. The third kappa shape index (κ3) is 5.04. The number of alkyl halides is 2. The molecule has 2 aromatic rings. The van der Waals surface area contributed by atoms with Crippen LogP contribution in [0.3, 0.4) is 0 Å². The highest BCUT2D eigenvalue weighted by molar-refractivity contribution is 5.86. The predicted octanol–water partition coefficient (Wildman–Crippen LogP) is 4.48. The normalized spacial score (nSPS) is 18.2. The molecule has 0 spiro atoms. The number of hydrogen-bond donors (Lipinski definition) is 0. The Morgan fingerprint density at radius 2 is 1.69 bits per heavy atom. The monoisotopic (exact) mass is 403 g/mol. The van der Waals surface area contributed by atoms with Crippen molar-refractivity contribution in [2.75, 3.05) is 25.6 Å². The Kier molecular flexibility index (Phi) is 6.36. The quantitative estimate of drug-likeness (QED) is 0.638. The first-order valence-corrected chi connectivity index (χ1v) is 9.20. The first-order chi connectivity index (χ1) is 13.9. The molecule has 0 N–H and O–H groups in total. The molecule has 2 aromatic carbocycles. The second-order valence-corrected chi connectivity index (χ2v) is 6.84. The molecule has 5 nitrogen and oxygen atoms in total. The van der Waals surface area contributed by atoms with Gasteiger partial charge in [0, 0.05) is 25.2 Å². The lowest BCUT2D eigenvalue weighted by Crippen LogP contribution is -2.29. The number of carbonyl (C=O) groups is 1. The van der Waals surface area contributed by atoms with Crippen molar-refractivity contribution >= 4 is 11.7 Å². The lowest BCUT2D eigenvalue weighted by atomic mass is 10.0. The predicted molar refractivity (Wildman–Crippen MR) is 106 cm³/mol. The molecule has 3 rings (SSSR count). The van der Waals surface area contributed by atoms with E-state index in [9.17, 15) is 13.6 Å². The average molecular weight is 403 g/mol. The van der Waals surface area contributed by atoms with Crippen molar-refractivity contribution in [3.63, 3.8) is 0 Å². The molecule has 0 aromatic heterocycles. The highest BCUT2D eigenvalue weighted by atomic mass is 19.3. The van der Waals surface area contributed by atoms with Gasteiger partial charge in [0.2, 0.25) is 5.76 Å². The molecule has 0 fully saturated rings. The van der Waals surface area contributed by atoms with E-state index in [1.165, 1.54) is 19.2 Å². The Morgan fingerprint density at radius 3 is 2.24 bits per heavy atom. The summed E-state index contributed by atoms with van der Waals surface area (Å²) in [6.07, 6.45) is 1.70. The van der Waals surface area contributed by atoms with Gasteiger partial charge in [-0.3, -0.25) is 0 Å². The average Bonchev–Trinajstić information content (AvgIpc) is 3.08. The molecule has 0 saturated carbocycles. The zero-order valence-electron chi connectivity index (χ0n) is 16.5. The van der Waals surface area contributed by atoms with Crippen LogP contribution in [-0.2, 0) is 14.3 Å². The number of nitrogens with zero attached hydrogens (tertiary/aromatic N) is 1. The second-order valence-electron chi connectivity index (χ2n) is 6.84. The Hall–Kier alpha value is -3.09. The zero-order chi connectivity index (χ0) is 21.0. The van der Waals surface area contributed by atoms with Crippen LogP contribution in [-0.4, -0.2) is 39.4 Å². The summed E-state index contributed by atoms with van der Waals surface area (Å²) in [5, 5.41) is 0. The van der Waals surface area contributed by atoms with E-state index in [2.05, 4.69) is 9.64 Å². The fourth-order valence-corrected chi connectivity index (χ4v) is 3.23. The summed E-state index contributed by atoms with van der Waals surface area (Å²) < 4.78 is 39.2. The van der Waals surface area contributed by atoms with Crippen molar-refractivity contribution in [2.45, 2.75) is 19.6 Å². The van der Waals surface area contributed by atoms with Gasteiger partial charge in [0.15, 0.2) is 0 Å². The van der Waals surface area contributed by atoms with E-state index in [-0.39, 0.29) is 23.5 Å². The molecule has 0 aliphatic carbocycles. The van der Waals surface area contributed by atoms with E-state index in [0.29, 0.717) is 6.54 Å². The number of carbonyl (C=O) groups excluding carboxylic acids is 1. The van der Waals surface area contributed by atoms with Crippen LogP contribution in [0.5, 0.6) is 5.75 Å². The summed E-state index contributed by atoms with van der Waals surface area (Å²) in [7, 11) is 3.31. The largest absolute Gasteiger partial charge is 0.483 e. The molecule has 7 heteroatoms. The van der Waals surface area contributed by atoms with Gasteiger partial charge >= 0.3 is 12.6 Å². The number of anilines is 1. The molecule has 1 aliphatic heterocycles. The lowest BCUT2D eigenvalue weighted by molar-refractivity contribution is -0.140. The molecule has 1 heterocycles. The molecule has 0 amide bonds. The van der Waals surface area contributed by atoms with Crippen LogP contribution in [0.25, 0.3) is 11.1 Å². The first kappa shape index (κ1) is 20.6. The Labute approximate surface area is 168 Å². The van der Waals surface area contributed by atoms with Crippen molar-refractivity contribution in [1.82, 2.24) is 0 Å². The first-order valence-electron chi connectivity index (χ1n) is 9.20. The van der Waals surface area contributed by atoms with E-state index in [1.54, 1.807) is 12.1 Å². The topological polar surface area (TPSA) is 48.0 Å². The number of rotatable bonds is 7. The molecule has 0 radical (unpaired) electrons. The van der Waals surface area contributed by atoms with Gasteiger partial charge in [-0.2, -0.15) is 8.78 Å². The van der Waals surface area contributed by atoms with Crippen LogP contribution in [0.1, 0.15) is 6.92 Å². The Balaban J connectivity index is 1.65. The van der Waals surface area contributed by atoms with E-state index in [4.69, 9.17) is 9.47 Å². The van der Waals surface area contributed by atoms with Crippen LogP contribution < -0.4 is 9.64 Å². The van der Waals surface area contributed by atoms with E-state index < -0.39 is 12.6 Å². The third-order valence-corrected chi connectivity index (χ3v) is 4.87. The maximum Gasteiger partial charge on any atom is 0.387 e. The standard InChI is InChI=1S/C22H23F2NO4/c1-14-17(12-20(28-14)21(26)27-3)13-25(2)18-8-4-15(5-9-18)16-6-10-19(11-7-16)29-22(23)24/h4-12,14,17,22H,13H2,1-3H3. The van der Waals surface area contributed by atoms with E-state index in [1.807, 2.05) is 44.3 Å². The molecule has 2 atom stereocenters. The highest BCUT2D eigenvalue weighted by Crippen LogP contribution is 2.28. The Bertz CT molecular complexity index is 865. The maximum atomic E-state index is 12.3. The zero-order valence-corrected chi connectivity index (χ0v) is 16.5. The molecular formula is C22H23F2NO4. The van der Waals surface area contributed by atoms with Gasteiger partial charge in [-0.1, -0.05) is 24.3 Å². The summed E-state index contributed by atoms with van der Waals surface area (Å²) in [6, 6.07) is 14.5. The second kappa shape index (κ2) is 8.94. The van der Waals surface area contributed by atoms with Crippen molar-refractivity contribution in [3.8, 4) is 16.9 Å². The molecule has 154 valence electrons. The van der Waals surface area contributed by atoms with Crippen LogP contribution >= 0.6 is 0 Å². The minimum Gasteiger partial charge on any atom is -0.483 e. The van der Waals surface area contributed by atoms with E-state index >= 15 is 0 Å². The lowest BCUT2D eigenvalue weighted by Gasteiger charge is -2.24. The van der Waals surface area contributed by atoms with Gasteiger partial charge in [-0.05, 0) is 48.4 Å². The van der Waals surface area contributed by atoms with Crippen molar-refractivity contribution in [2.24, 2.45) is 5.92 Å². The fraction of sp³-hybridized carbons (Fsp3) is 0.318. The molecule has 29 heavy (non-hydrogen) atoms. The van der Waals surface area contributed by atoms with Crippen molar-refractivity contribution in [3.05, 3.63) is 60.4 Å². The number of hydrogen-bond acceptors (Lipinski definition) is 5. The number of ether oxygens (including phenoxy) is 3. The van der Waals surface area contributed by atoms with E-state index in [0.717, 1.165) is 16.8 Å². The van der Waals surface area contributed by atoms with Gasteiger partial charge in [0.25, 0.3) is 0 Å². The summed E-state index contributed by atoms with van der Waals surface area (Å²) in [5.41, 5.74) is 2.89. The smallest absolute Gasteiger partial charge is 0.387 e. The summed E-state index contributed by atoms with van der Waals surface area (Å²) in [5.74, 6) is -0.00659. The summed E-state index contributed by atoms with van der Waals surface area (Å²) in [4.78, 5) is 13.7. The molecule has 1 aliphatic rings. The number of esters is 1. The van der Waals surface area contributed by atoms with Crippen LogP contribution in [0.4, 0.5) is 14.5 Å². The maximum absolute atomic E-state index is 12.3. The van der Waals surface area contributed by atoms with Crippen molar-refractivity contribution < 1.29 is 27.8 Å². The summed E-state index contributed by atoms with van der Waals surface area (Å²) in [6.45, 7) is -0.224. The highest BCUT2D eigenvalue weighted by Gasteiger charge is 2.30. The van der Waals surface area contributed by atoms with Crippen molar-refractivity contribution in [1.29, 1.82) is 0 Å². The number of benzene rings is 2. The third-order valence-electron chi connectivity index (χ3n) is 4.87. The van der Waals surface area contributed by atoms with Gasteiger partial charge < -0.3 is 19.1 Å².